The van der Waals surface area contributed by atoms with E-state index in [9.17, 15) is 9.90 Å². The van der Waals surface area contributed by atoms with Gasteiger partial charge in [0, 0.05) is 6.54 Å². The molecule has 0 fully saturated rings. The quantitative estimate of drug-likeness (QED) is 0.932. The van der Waals surface area contributed by atoms with Crippen LogP contribution in [0.25, 0.3) is 0 Å². The molecule has 1 atom stereocenters. The van der Waals surface area contributed by atoms with Gasteiger partial charge in [-0.05, 0) is 36.6 Å². The number of fused-ring (bicyclic) bond motifs is 1. The van der Waals surface area contributed by atoms with Crippen LogP contribution in [-0.2, 0) is 17.8 Å². The molecule has 0 radical (unpaired) electrons. The number of nitrogens with zero attached hydrogens (tertiary/aromatic N) is 1. The molecule has 0 spiro atoms. The Morgan fingerprint density at radius 1 is 1.35 bits per heavy atom. The normalized spacial score (nSPS) is 18.8. The van der Waals surface area contributed by atoms with E-state index in [1.54, 1.807) is 0 Å². The van der Waals surface area contributed by atoms with Crippen LogP contribution >= 0.6 is 0 Å². The second-order valence-corrected chi connectivity index (χ2v) is 5.17. The molecule has 0 amide bonds. The fourth-order valence-corrected chi connectivity index (χ4v) is 2.85. The van der Waals surface area contributed by atoms with Crippen molar-refractivity contribution in [2.75, 3.05) is 6.54 Å². The molecule has 1 aliphatic heterocycles. The van der Waals surface area contributed by atoms with Crippen LogP contribution in [0.15, 0.2) is 40.8 Å². The number of aryl methyl sites for hydroxylation is 1. The highest BCUT2D eigenvalue weighted by atomic mass is 16.4. The summed E-state index contributed by atoms with van der Waals surface area (Å²) >= 11 is 0. The van der Waals surface area contributed by atoms with Gasteiger partial charge in [0.25, 0.3) is 0 Å². The predicted molar refractivity (Wildman–Crippen MR) is 74.4 cm³/mol. The second-order valence-electron chi connectivity index (χ2n) is 5.17. The van der Waals surface area contributed by atoms with Crippen LogP contribution in [0.2, 0.25) is 0 Å². The van der Waals surface area contributed by atoms with Crippen LogP contribution in [0.3, 0.4) is 0 Å². The molecule has 4 heteroatoms. The molecule has 2 aromatic rings. The number of carboxylic acids is 1. The lowest BCUT2D eigenvalue weighted by Crippen LogP contribution is -2.39. The lowest BCUT2D eigenvalue weighted by molar-refractivity contribution is -0.144. The first kappa shape index (κ1) is 12.9. The van der Waals surface area contributed by atoms with Crippen molar-refractivity contribution in [2.45, 2.75) is 25.9 Å². The Morgan fingerprint density at radius 3 is 2.85 bits per heavy atom. The number of carboxylic acid groups (broad SMARTS) is 1. The maximum Gasteiger partial charge on any atom is 0.325 e. The van der Waals surface area contributed by atoms with Gasteiger partial charge in [0.2, 0.25) is 0 Å². The van der Waals surface area contributed by atoms with E-state index >= 15 is 0 Å². The summed E-state index contributed by atoms with van der Waals surface area (Å²) in [5.41, 5.74) is 2.03. The van der Waals surface area contributed by atoms with Crippen molar-refractivity contribution in [3.63, 3.8) is 0 Å². The van der Waals surface area contributed by atoms with E-state index in [2.05, 4.69) is 0 Å². The summed E-state index contributed by atoms with van der Waals surface area (Å²) in [5.74, 6) is 0.859. The molecule has 0 bridgehead atoms. The Morgan fingerprint density at radius 2 is 2.15 bits per heavy atom. The standard InChI is InChI=1S/C16H17NO3/c1-11-6-7-13(20-11)10-17-9-8-12-4-2-3-5-14(12)15(17)16(18)19/h2-7,15H,8-10H2,1H3,(H,18,19). The van der Waals surface area contributed by atoms with Gasteiger partial charge in [0.1, 0.15) is 17.6 Å². The minimum Gasteiger partial charge on any atom is -0.480 e. The number of aliphatic carboxylic acids is 1. The van der Waals surface area contributed by atoms with Gasteiger partial charge < -0.3 is 9.52 Å². The zero-order valence-corrected chi connectivity index (χ0v) is 11.4. The summed E-state index contributed by atoms with van der Waals surface area (Å²) in [7, 11) is 0. The first-order valence-electron chi connectivity index (χ1n) is 6.75. The number of rotatable bonds is 3. The molecule has 1 N–H and O–H groups in total. The Labute approximate surface area is 117 Å². The third kappa shape index (κ3) is 2.34. The number of carbonyl (C=O) groups is 1. The topological polar surface area (TPSA) is 53.7 Å². The summed E-state index contributed by atoms with van der Waals surface area (Å²) in [6, 6.07) is 11.0. The van der Waals surface area contributed by atoms with Gasteiger partial charge in [-0.15, -0.1) is 0 Å². The highest BCUT2D eigenvalue weighted by Crippen LogP contribution is 2.31. The Kier molecular flexibility index (Phi) is 3.32. The van der Waals surface area contributed by atoms with Gasteiger partial charge in [-0.2, -0.15) is 0 Å². The van der Waals surface area contributed by atoms with Gasteiger partial charge in [0.05, 0.1) is 6.54 Å². The first-order valence-corrected chi connectivity index (χ1v) is 6.75. The lowest BCUT2D eigenvalue weighted by Gasteiger charge is -2.34. The van der Waals surface area contributed by atoms with Gasteiger partial charge in [0.15, 0.2) is 0 Å². The zero-order valence-electron chi connectivity index (χ0n) is 11.4. The summed E-state index contributed by atoms with van der Waals surface area (Å²) in [6.07, 6.45) is 0.875. The smallest absolute Gasteiger partial charge is 0.325 e. The summed E-state index contributed by atoms with van der Waals surface area (Å²) in [4.78, 5) is 13.6. The average molecular weight is 271 g/mol. The molecular weight excluding hydrogens is 254 g/mol. The summed E-state index contributed by atoms with van der Waals surface area (Å²) in [5, 5.41) is 9.57. The Bertz CT molecular complexity index is 632. The Balaban J connectivity index is 1.90. The van der Waals surface area contributed by atoms with Crippen LogP contribution in [0, 0.1) is 6.92 Å². The van der Waals surface area contributed by atoms with Crippen molar-refractivity contribution in [1.82, 2.24) is 4.90 Å². The van der Waals surface area contributed by atoms with E-state index in [-0.39, 0.29) is 0 Å². The van der Waals surface area contributed by atoms with Crippen molar-refractivity contribution in [2.24, 2.45) is 0 Å². The molecule has 1 aromatic heterocycles. The van der Waals surface area contributed by atoms with Crippen LogP contribution in [-0.4, -0.2) is 22.5 Å². The monoisotopic (exact) mass is 271 g/mol. The van der Waals surface area contributed by atoms with Crippen molar-refractivity contribution < 1.29 is 14.3 Å². The van der Waals surface area contributed by atoms with Crippen molar-refractivity contribution in [3.05, 3.63) is 59.0 Å². The minimum absolute atomic E-state index is 0.527. The first-order chi connectivity index (χ1) is 9.65. The lowest BCUT2D eigenvalue weighted by atomic mass is 9.92. The highest BCUT2D eigenvalue weighted by Gasteiger charge is 2.33. The minimum atomic E-state index is -0.805. The molecule has 3 rings (SSSR count). The fourth-order valence-electron chi connectivity index (χ4n) is 2.85. The van der Waals surface area contributed by atoms with Crippen LogP contribution in [0.4, 0.5) is 0 Å². The maximum atomic E-state index is 11.7. The van der Waals surface area contributed by atoms with E-state index in [1.807, 2.05) is 48.2 Å². The van der Waals surface area contributed by atoms with Crippen LogP contribution < -0.4 is 0 Å². The van der Waals surface area contributed by atoms with E-state index in [1.165, 1.54) is 0 Å². The van der Waals surface area contributed by atoms with Crippen molar-refractivity contribution in [1.29, 1.82) is 0 Å². The number of furan rings is 1. The number of hydrogen-bond acceptors (Lipinski definition) is 3. The summed E-state index contributed by atoms with van der Waals surface area (Å²) in [6.45, 7) is 3.15. The molecule has 4 nitrogen and oxygen atoms in total. The van der Waals surface area contributed by atoms with Crippen LogP contribution in [0.1, 0.15) is 28.7 Å². The van der Waals surface area contributed by atoms with E-state index in [0.717, 1.165) is 35.6 Å². The molecule has 2 heterocycles. The highest BCUT2D eigenvalue weighted by molar-refractivity contribution is 5.76. The van der Waals surface area contributed by atoms with Gasteiger partial charge in [-0.3, -0.25) is 9.69 Å². The maximum absolute atomic E-state index is 11.7. The molecule has 20 heavy (non-hydrogen) atoms. The third-order valence-corrected chi connectivity index (χ3v) is 3.77. The fraction of sp³-hybridized carbons (Fsp3) is 0.312. The molecular formula is C16H17NO3. The molecule has 0 aliphatic carbocycles. The number of benzene rings is 1. The zero-order chi connectivity index (χ0) is 14.1. The molecule has 1 aromatic carbocycles. The molecule has 104 valence electrons. The van der Waals surface area contributed by atoms with Crippen molar-refractivity contribution >= 4 is 5.97 Å². The SMILES string of the molecule is Cc1ccc(CN2CCc3ccccc3C2C(=O)O)o1. The molecule has 1 aliphatic rings. The second kappa shape index (κ2) is 5.13. The van der Waals surface area contributed by atoms with E-state index < -0.39 is 12.0 Å². The predicted octanol–water partition coefficient (Wildman–Crippen LogP) is 2.77. The summed E-state index contributed by atoms with van der Waals surface area (Å²) < 4.78 is 5.57. The van der Waals surface area contributed by atoms with Gasteiger partial charge >= 0.3 is 5.97 Å². The molecule has 0 saturated heterocycles. The molecule has 1 unspecified atom stereocenters. The largest absolute Gasteiger partial charge is 0.480 e. The van der Waals surface area contributed by atoms with E-state index in [4.69, 9.17) is 4.42 Å². The third-order valence-electron chi connectivity index (χ3n) is 3.77. The van der Waals surface area contributed by atoms with Gasteiger partial charge in [-0.25, -0.2) is 0 Å². The molecule has 0 saturated carbocycles. The van der Waals surface area contributed by atoms with Gasteiger partial charge in [-0.1, -0.05) is 24.3 Å². The Hall–Kier alpha value is -2.07. The van der Waals surface area contributed by atoms with Crippen molar-refractivity contribution in [3.8, 4) is 0 Å². The number of hydrogen-bond donors (Lipinski definition) is 1. The van der Waals surface area contributed by atoms with Crippen LogP contribution in [0.5, 0.6) is 0 Å². The van der Waals surface area contributed by atoms with E-state index in [0.29, 0.717) is 6.54 Å². The average Bonchev–Trinajstić information content (AvgIpc) is 2.83.